The quantitative estimate of drug-likeness (QED) is 0.656. The Balaban J connectivity index is 1.66. The summed E-state index contributed by atoms with van der Waals surface area (Å²) in [5, 5.41) is 7.19. The van der Waals surface area contributed by atoms with E-state index in [9.17, 15) is 13.2 Å². The highest BCUT2D eigenvalue weighted by Gasteiger charge is 2.40. The van der Waals surface area contributed by atoms with E-state index in [4.69, 9.17) is 4.42 Å². The second-order valence-corrected chi connectivity index (χ2v) is 8.88. The van der Waals surface area contributed by atoms with E-state index in [-0.39, 0.29) is 12.5 Å². The number of aromatic nitrogens is 3. The van der Waals surface area contributed by atoms with Crippen molar-refractivity contribution < 1.29 is 17.6 Å². The Morgan fingerprint density at radius 1 is 1.28 bits per heavy atom. The van der Waals surface area contributed by atoms with Crippen LogP contribution in [0.15, 0.2) is 47.1 Å². The van der Waals surface area contributed by atoms with Gasteiger partial charge in [-0.3, -0.25) is 9.89 Å². The molecular formula is C19H21N5O4S. The summed E-state index contributed by atoms with van der Waals surface area (Å²) in [7, 11) is -3.41. The van der Waals surface area contributed by atoms with Gasteiger partial charge in [0, 0.05) is 18.2 Å². The van der Waals surface area contributed by atoms with Crippen LogP contribution in [0.2, 0.25) is 0 Å². The summed E-state index contributed by atoms with van der Waals surface area (Å²) in [6, 6.07) is 10.2. The molecule has 9 nitrogen and oxygen atoms in total. The van der Waals surface area contributed by atoms with Crippen LogP contribution in [0.1, 0.15) is 34.4 Å². The summed E-state index contributed by atoms with van der Waals surface area (Å²) in [6.07, 6.45) is 2.95. The second kappa shape index (κ2) is 7.45. The fourth-order valence-corrected chi connectivity index (χ4v) is 4.39. The Labute approximate surface area is 168 Å². The molecule has 1 aliphatic rings. The molecule has 1 aliphatic heterocycles. The molecule has 0 spiro atoms. The van der Waals surface area contributed by atoms with Crippen molar-refractivity contribution in [1.82, 2.24) is 24.8 Å². The third kappa shape index (κ3) is 4.08. The van der Waals surface area contributed by atoms with Crippen molar-refractivity contribution in [3.8, 4) is 11.4 Å². The van der Waals surface area contributed by atoms with Crippen LogP contribution in [0.4, 0.5) is 0 Å². The van der Waals surface area contributed by atoms with E-state index < -0.39 is 22.1 Å². The number of rotatable bonds is 5. The van der Waals surface area contributed by atoms with Crippen LogP contribution in [0, 0.1) is 6.92 Å². The molecule has 10 heteroatoms. The highest BCUT2D eigenvalue weighted by molar-refractivity contribution is 7.88. The van der Waals surface area contributed by atoms with Gasteiger partial charge in [-0.05, 0) is 19.4 Å². The maximum absolute atomic E-state index is 13.1. The summed E-state index contributed by atoms with van der Waals surface area (Å²) < 4.78 is 31.3. The van der Waals surface area contributed by atoms with Gasteiger partial charge < -0.3 is 9.32 Å². The maximum atomic E-state index is 13.1. The Morgan fingerprint density at radius 2 is 2.03 bits per heavy atom. The zero-order chi connectivity index (χ0) is 20.6. The molecule has 3 aromatic rings. The van der Waals surface area contributed by atoms with Crippen LogP contribution in [0.25, 0.3) is 11.4 Å². The minimum atomic E-state index is -3.41. The molecule has 2 atom stereocenters. The third-order valence-corrected chi connectivity index (χ3v) is 5.64. The lowest BCUT2D eigenvalue weighted by molar-refractivity contribution is 0.0726. The van der Waals surface area contributed by atoms with Gasteiger partial charge in [0.15, 0.2) is 5.82 Å². The molecular weight excluding hydrogens is 394 g/mol. The van der Waals surface area contributed by atoms with Gasteiger partial charge in [0.25, 0.3) is 5.91 Å². The van der Waals surface area contributed by atoms with Crippen molar-refractivity contribution in [1.29, 1.82) is 0 Å². The summed E-state index contributed by atoms with van der Waals surface area (Å²) in [6.45, 7) is 1.94. The molecule has 0 bridgehead atoms. The number of benzene rings is 1. The van der Waals surface area contributed by atoms with Crippen LogP contribution < -0.4 is 4.72 Å². The molecule has 2 aromatic heterocycles. The van der Waals surface area contributed by atoms with E-state index in [1.807, 2.05) is 30.3 Å². The predicted molar refractivity (Wildman–Crippen MR) is 105 cm³/mol. The Bertz CT molecular complexity index is 1120. The molecule has 1 saturated heterocycles. The molecule has 152 valence electrons. The van der Waals surface area contributed by atoms with E-state index in [0.717, 1.165) is 11.8 Å². The minimum Gasteiger partial charge on any atom is -0.469 e. The number of H-pyrrole nitrogens is 1. The number of amides is 1. The van der Waals surface area contributed by atoms with Crippen molar-refractivity contribution in [2.24, 2.45) is 0 Å². The lowest BCUT2D eigenvalue weighted by atomic mass is 10.1. The van der Waals surface area contributed by atoms with Crippen LogP contribution in [-0.2, 0) is 10.0 Å². The summed E-state index contributed by atoms with van der Waals surface area (Å²) in [5.41, 5.74) is 1.29. The van der Waals surface area contributed by atoms with Crippen molar-refractivity contribution in [2.75, 3.05) is 12.8 Å². The SMILES string of the molecule is Cc1occc1C(=O)N1CC(NS(C)(=O)=O)CC1c1nc(-c2ccccc2)n[nH]1. The minimum absolute atomic E-state index is 0.225. The lowest BCUT2D eigenvalue weighted by Crippen LogP contribution is -2.38. The molecule has 29 heavy (non-hydrogen) atoms. The van der Waals surface area contributed by atoms with Crippen molar-refractivity contribution in [3.63, 3.8) is 0 Å². The van der Waals surface area contributed by atoms with E-state index >= 15 is 0 Å². The van der Waals surface area contributed by atoms with Crippen LogP contribution in [0.3, 0.4) is 0 Å². The number of sulfonamides is 1. The van der Waals surface area contributed by atoms with Gasteiger partial charge in [-0.25, -0.2) is 18.1 Å². The van der Waals surface area contributed by atoms with E-state index in [1.54, 1.807) is 17.9 Å². The largest absolute Gasteiger partial charge is 0.469 e. The van der Waals surface area contributed by atoms with Crippen molar-refractivity contribution in [3.05, 3.63) is 59.8 Å². The number of nitrogens with one attached hydrogen (secondary N) is 2. The monoisotopic (exact) mass is 415 g/mol. The molecule has 4 rings (SSSR count). The molecule has 2 unspecified atom stereocenters. The van der Waals surface area contributed by atoms with Gasteiger partial charge in [0.2, 0.25) is 10.0 Å². The van der Waals surface area contributed by atoms with E-state index in [0.29, 0.717) is 29.4 Å². The number of furan rings is 1. The standard InChI is InChI=1S/C19H21N5O4S/c1-12-15(8-9-28-12)19(25)24-11-14(23-29(2,26)27)10-16(24)18-20-17(21-22-18)13-6-4-3-5-7-13/h3-9,14,16,23H,10-11H2,1-2H3,(H,20,21,22). The first kappa shape index (κ1) is 19.3. The van der Waals surface area contributed by atoms with Gasteiger partial charge in [-0.15, -0.1) is 0 Å². The van der Waals surface area contributed by atoms with Crippen molar-refractivity contribution in [2.45, 2.75) is 25.4 Å². The predicted octanol–water partition coefficient (Wildman–Crippen LogP) is 1.88. The van der Waals surface area contributed by atoms with E-state index in [2.05, 4.69) is 19.9 Å². The summed E-state index contributed by atoms with van der Waals surface area (Å²) >= 11 is 0. The zero-order valence-corrected chi connectivity index (χ0v) is 16.8. The van der Waals surface area contributed by atoms with Gasteiger partial charge >= 0.3 is 0 Å². The van der Waals surface area contributed by atoms with Crippen LogP contribution >= 0.6 is 0 Å². The summed E-state index contributed by atoms with van der Waals surface area (Å²) in [4.78, 5) is 19.3. The number of hydrogen-bond donors (Lipinski definition) is 2. The number of carbonyl (C=O) groups is 1. The van der Waals surface area contributed by atoms with Gasteiger partial charge in [0.05, 0.1) is 24.1 Å². The van der Waals surface area contributed by atoms with Gasteiger partial charge in [0.1, 0.15) is 11.6 Å². The number of aromatic amines is 1. The third-order valence-electron chi connectivity index (χ3n) is 4.88. The first-order valence-electron chi connectivity index (χ1n) is 9.12. The smallest absolute Gasteiger partial charge is 0.258 e. The second-order valence-electron chi connectivity index (χ2n) is 7.10. The molecule has 1 fully saturated rings. The average molecular weight is 415 g/mol. The normalized spacial score (nSPS) is 19.6. The van der Waals surface area contributed by atoms with Gasteiger partial charge in [-0.1, -0.05) is 30.3 Å². The number of hydrogen-bond acceptors (Lipinski definition) is 6. The summed E-state index contributed by atoms with van der Waals surface area (Å²) in [5.74, 6) is 1.30. The molecule has 1 aromatic carbocycles. The fourth-order valence-electron chi connectivity index (χ4n) is 3.61. The van der Waals surface area contributed by atoms with Crippen LogP contribution in [0.5, 0.6) is 0 Å². The number of aryl methyl sites for hydroxylation is 1. The number of carbonyl (C=O) groups excluding carboxylic acids is 1. The average Bonchev–Trinajstić information content (AvgIpc) is 3.40. The Hall–Kier alpha value is -2.98. The number of likely N-dealkylation sites (tertiary alicyclic amines) is 1. The fraction of sp³-hybridized carbons (Fsp3) is 0.316. The Kier molecular flexibility index (Phi) is 4.97. The topological polar surface area (TPSA) is 121 Å². The highest BCUT2D eigenvalue weighted by Crippen LogP contribution is 2.33. The molecule has 3 heterocycles. The molecule has 0 radical (unpaired) electrons. The lowest BCUT2D eigenvalue weighted by Gasteiger charge is -2.22. The molecule has 0 aliphatic carbocycles. The highest BCUT2D eigenvalue weighted by atomic mass is 32.2. The molecule has 2 N–H and O–H groups in total. The zero-order valence-electron chi connectivity index (χ0n) is 16.0. The first-order chi connectivity index (χ1) is 13.8. The molecule has 0 saturated carbocycles. The van der Waals surface area contributed by atoms with Crippen LogP contribution in [-0.4, -0.2) is 53.2 Å². The van der Waals surface area contributed by atoms with Crippen molar-refractivity contribution >= 4 is 15.9 Å². The number of nitrogens with zero attached hydrogens (tertiary/aromatic N) is 3. The molecule has 1 amide bonds. The first-order valence-corrected chi connectivity index (χ1v) is 11.0. The maximum Gasteiger partial charge on any atom is 0.258 e. The Morgan fingerprint density at radius 3 is 2.69 bits per heavy atom. The van der Waals surface area contributed by atoms with E-state index in [1.165, 1.54) is 6.26 Å². The van der Waals surface area contributed by atoms with Gasteiger partial charge in [-0.2, -0.15) is 5.10 Å².